The maximum absolute atomic E-state index is 12.0. The molecule has 1 saturated heterocycles. The Morgan fingerprint density at radius 3 is 2.60 bits per heavy atom. The van der Waals surface area contributed by atoms with Gasteiger partial charge in [0.1, 0.15) is 0 Å². The summed E-state index contributed by atoms with van der Waals surface area (Å²) in [5.41, 5.74) is 0. The number of hydrogen-bond donors (Lipinski definition) is 2. The minimum absolute atomic E-state index is 0.0284. The van der Waals surface area contributed by atoms with Crippen LogP contribution in [0.25, 0.3) is 0 Å². The van der Waals surface area contributed by atoms with Crippen molar-refractivity contribution in [2.45, 2.75) is 42.2 Å². The summed E-state index contributed by atoms with van der Waals surface area (Å²) in [6.07, 6.45) is 3.36. The lowest BCUT2D eigenvalue weighted by molar-refractivity contribution is -0.136. The van der Waals surface area contributed by atoms with Crippen LogP contribution in [0, 0.1) is 0 Å². The maximum atomic E-state index is 12.0. The number of carboxylic acids is 1. The summed E-state index contributed by atoms with van der Waals surface area (Å²) >= 11 is 0. The predicted octanol–water partition coefficient (Wildman–Crippen LogP) is -0.231. The van der Waals surface area contributed by atoms with Gasteiger partial charge in [-0.25, -0.2) is 8.42 Å². The zero-order valence-electron chi connectivity index (χ0n) is 8.35. The van der Waals surface area contributed by atoms with Gasteiger partial charge in [-0.05, 0) is 12.8 Å². The molecule has 2 aliphatic rings. The van der Waals surface area contributed by atoms with E-state index in [9.17, 15) is 13.2 Å². The van der Waals surface area contributed by atoms with Crippen LogP contribution < -0.4 is 5.32 Å². The quantitative estimate of drug-likeness (QED) is 0.653. The average molecular weight is 233 g/mol. The van der Waals surface area contributed by atoms with E-state index in [1.807, 2.05) is 0 Å². The molecule has 6 heteroatoms. The van der Waals surface area contributed by atoms with Crippen molar-refractivity contribution in [2.75, 3.05) is 6.54 Å². The van der Waals surface area contributed by atoms with Crippen LogP contribution >= 0.6 is 0 Å². The first kappa shape index (κ1) is 10.9. The van der Waals surface area contributed by atoms with Gasteiger partial charge in [-0.2, -0.15) is 0 Å². The number of carbonyl (C=O) groups is 1. The Bertz CT molecular complexity index is 364. The summed E-state index contributed by atoms with van der Waals surface area (Å²) < 4.78 is 23.9. The molecular weight excluding hydrogens is 218 g/mol. The van der Waals surface area contributed by atoms with E-state index >= 15 is 0 Å². The van der Waals surface area contributed by atoms with Crippen molar-refractivity contribution in [3.05, 3.63) is 0 Å². The third-order valence-electron chi connectivity index (χ3n) is 3.36. The van der Waals surface area contributed by atoms with Crippen LogP contribution in [0.2, 0.25) is 0 Å². The molecule has 2 N–H and O–H groups in total. The molecule has 3 atom stereocenters. The molecule has 0 aromatic carbocycles. The SMILES string of the molecule is O=C(O)C1CNC2CCCCC2S1(=O)=O. The Balaban J connectivity index is 2.28. The molecule has 2 fully saturated rings. The van der Waals surface area contributed by atoms with Gasteiger partial charge < -0.3 is 10.4 Å². The molecule has 0 radical (unpaired) electrons. The van der Waals surface area contributed by atoms with Crippen LogP contribution in [0.3, 0.4) is 0 Å². The van der Waals surface area contributed by atoms with E-state index in [0.29, 0.717) is 6.42 Å². The highest BCUT2D eigenvalue weighted by atomic mass is 32.2. The highest BCUT2D eigenvalue weighted by Crippen LogP contribution is 2.29. The predicted molar refractivity (Wildman–Crippen MR) is 54.4 cm³/mol. The molecule has 15 heavy (non-hydrogen) atoms. The normalized spacial score (nSPS) is 39.3. The molecular formula is C9H15NO4S. The van der Waals surface area contributed by atoms with Crippen LogP contribution in [0.1, 0.15) is 25.7 Å². The Labute approximate surface area is 88.8 Å². The second kappa shape index (κ2) is 3.75. The topological polar surface area (TPSA) is 83.5 Å². The second-order valence-corrected chi connectivity index (χ2v) is 6.61. The molecule has 86 valence electrons. The number of aliphatic carboxylic acids is 1. The first-order valence-electron chi connectivity index (χ1n) is 5.22. The molecule has 5 nitrogen and oxygen atoms in total. The Hall–Kier alpha value is -0.620. The van der Waals surface area contributed by atoms with Gasteiger partial charge in [0.15, 0.2) is 15.1 Å². The molecule has 1 heterocycles. The van der Waals surface area contributed by atoms with E-state index in [4.69, 9.17) is 5.11 Å². The highest BCUT2D eigenvalue weighted by Gasteiger charge is 2.47. The van der Waals surface area contributed by atoms with E-state index < -0.39 is 26.3 Å². The number of fused-ring (bicyclic) bond motifs is 1. The first-order valence-corrected chi connectivity index (χ1v) is 6.83. The van der Waals surface area contributed by atoms with Crippen LogP contribution in [0.15, 0.2) is 0 Å². The lowest BCUT2D eigenvalue weighted by Gasteiger charge is -2.38. The summed E-state index contributed by atoms with van der Waals surface area (Å²) in [6, 6.07) is -0.0284. The zero-order valence-corrected chi connectivity index (χ0v) is 9.16. The van der Waals surface area contributed by atoms with Crippen LogP contribution in [0.5, 0.6) is 0 Å². The molecule has 2 rings (SSSR count). The van der Waals surface area contributed by atoms with Crippen molar-refractivity contribution in [1.82, 2.24) is 5.32 Å². The van der Waals surface area contributed by atoms with Crippen LogP contribution in [-0.4, -0.2) is 42.6 Å². The van der Waals surface area contributed by atoms with E-state index in [1.54, 1.807) is 0 Å². The number of rotatable bonds is 1. The van der Waals surface area contributed by atoms with Crippen LogP contribution in [-0.2, 0) is 14.6 Å². The average Bonchev–Trinajstić information content (AvgIpc) is 2.17. The van der Waals surface area contributed by atoms with E-state index in [-0.39, 0.29) is 12.6 Å². The first-order chi connectivity index (χ1) is 7.03. The standard InChI is InChI=1S/C9H15NO4S/c11-9(12)8-5-10-6-3-1-2-4-7(6)15(8,13)14/h6-8,10H,1-5H2,(H,11,12). The van der Waals surface area contributed by atoms with Gasteiger partial charge in [0, 0.05) is 12.6 Å². The van der Waals surface area contributed by atoms with Gasteiger partial charge in [0.05, 0.1) is 5.25 Å². The number of hydrogen-bond acceptors (Lipinski definition) is 4. The third kappa shape index (κ3) is 1.76. The fourth-order valence-corrected chi connectivity index (χ4v) is 4.75. The molecule has 1 aliphatic carbocycles. The third-order valence-corrected chi connectivity index (χ3v) is 5.93. The number of nitrogens with one attached hydrogen (secondary N) is 1. The molecule has 0 aromatic heterocycles. The zero-order chi connectivity index (χ0) is 11.1. The molecule has 0 spiro atoms. The number of carboxylic acid groups (broad SMARTS) is 1. The van der Waals surface area contributed by atoms with Gasteiger partial charge in [-0.15, -0.1) is 0 Å². The largest absolute Gasteiger partial charge is 0.480 e. The fourth-order valence-electron chi connectivity index (χ4n) is 2.54. The second-order valence-electron chi connectivity index (χ2n) is 4.25. The van der Waals surface area contributed by atoms with Crippen molar-refractivity contribution < 1.29 is 18.3 Å². The van der Waals surface area contributed by atoms with Gasteiger partial charge in [-0.3, -0.25) is 4.79 Å². The van der Waals surface area contributed by atoms with Gasteiger partial charge in [-0.1, -0.05) is 12.8 Å². The monoisotopic (exact) mass is 233 g/mol. The molecule has 0 amide bonds. The Kier molecular flexibility index (Phi) is 2.72. The van der Waals surface area contributed by atoms with Gasteiger partial charge in [0.25, 0.3) is 0 Å². The maximum Gasteiger partial charge on any atom is 0.323 e. The van der Waals surface area contributed by atoms with Gasteiger partial charge in [0.2, 0.25) is 0 Å². The highest BCUT2D eigenvalue weighted by molar-refractivity contribution is 7.93. The number of sulfone groups is 1. The lowest BCUT2D eigenvalue weighted by Crippen LogP contribution is -2.59. The van der Waals surface area contributed by atoms with E-state index in [2.05, 4.69) is 5.32 Å². The van der Waals surface area contributed by atoms with Gasteiger partial charge >= 0.3 is 5.97 Å². The lowest BCUT2D eigenvalue weighted by atomic mass is 9.94. The minimum Gasteiger partial charge on any atom is -0.480 e. The van der Waals surface area contributed by atoms with Crippen molar-refractivity contribution >= 4 is 15.8 Å². The van der Waals surface area contributed by atoms with Crippen molar-refractivity contribution in [3.63, 3.8) is 0 Å². The molecule has 1 saturated carbocycles. The minimum atomic E-state index is -3.49. The van der Waals surface area contributed by atoms with Crippen LogP contribution in [0.4, 0.5) is 0 Å². The molecule has 1 aliphatic heterocycles. The molecule has 0 bridgehead atoms. The van der Waals surface area contributed by atoms with Crippen molar-refractivity contribution in [1.29, 1.82) is 0 Å². The molecule has 0 aromatic rings. The van der Waals surface area contributed by atoms with E-state index in [0.717, 1.165) is 19.3 Å². The summed E-state index contributed by atoms with van der Waals surface area (Å²) in [5.74, 6) is -1.23. The van der Waals surface area contributed by atoms with Crippen molar-refractivity contribution in [2.24, 2.45) is 0 Å². The molecule has 3 unspecified atom stereocenters. The van der Waals surface area contributed by atoms with Crippen molar-refractivity contribution in [3.8, 4) is 0 Å². The smallest absolute Gasteiger partial charge is 0.323 e. The summed E-state index contributed by atoms with van der Waals surface area (Å²) in [4.78, 5) is 10.8. The van der Waals surface area contributed by atoms with E-state index in [1.165, 1.54) is 0 Å². The fraction of sp³-hybridized carbons (Fsp3) is 0.889. The summed E-state index contributed by atoms with van der Waals surface area (Å²) in [5, 5.41) is 10.2. The Morgan fingerprint density at radius 2 is 1.93 bits per heavy atom. The summed E-state index contributed by atoms with van der Waals surface area (Å²) in [6.45, 7) is 0.0544. The summed E-state index contributed by atoms with van der Waals surface area (Å²) in [7, 11) is -3.49. The Morgan fingerprint density at radius 1 is 1.27 bits per heavy atom.